The molecule has 1 N–H and O–H groups in total. The molecule has 1 rings (SSSR count). The summed E-state index contributed by atoms with van der Waals surface area (Å²) in [5, 5.41) is -2.25. The molecule has 0 aromatic heterocycles. The van der Waals surface area contributed by atoms with Crippen molar-refractivity contribution in [2.75, 3.05) is 6.61 Å². The molecule has 0 unspecified atom stereocenters. The second kappa shape index (κ2) is 7.72. The molecule has 1 aliphatic rings. The monoisotopic (exact) mass is 309 g/mol. The summed E-state index contributed by atoms with van der Waals surface area (Å²) >= 11 is 0. The minimum absolute atomic E-state index is 0. The Bertz CT molecular complexity index is 397. The van der Waals surface area contributed by atoms with Crippen LogP contribution in [0.4, 0.5) is 13.6 Å². The van der Waals surface area contributed by atoms with Gasteiger partial charge < -0.3 is 14.6 Å². The minimum atomic E-state index is -5.82. The standard InChI is InChI=1S/C9H15F2NO5S.Na/c10-9(11,18(14,15)16)6-17-8(13)12-7-4-2-1-3-5-7;/h7H,1-6H2,(H,12,13)(H,14,15,16);/q;+1/p-1. The number of alkyl carbamates (subject to hydrolysis) is 1. The summed E-state index contributed by atoms with van der Waals surface area (Å²) in [4.78, 5) is 11.1. The van der Waals surface area contributed by atoms with Gasteiger partial charge in [0.2, 0.25) is 0 Å². The van der Waals surface area contributed by atoms with Gasteiger partial charge in [-0.3, -0.25) is 0 Å². The number of ether oxygens (including phenoxy) is 1. The Balaban J connectivity index is 0.00000324. The molecular weight excluding hydrogens is 295 g/mol. The third-order valence-electron chi connectivity index (χ3n) is 2.66. The summed E-state index contributed by atoms with van der Waals surface area (Å²) in [6, 6.07) is -0.149. The summed E-state index contributed by atoms with van der Waals surface area (Å²) in [7, 11) is -5.82. The molecule has 0 spiro atoms. The van der Waals surface area contributed by atoms with Gasteiger partial charge in [0.25, 0.3) is 0 Å². The van der Waals surface area contributed by atoms with Crippen LogP contribution in [0.1, 0.15) is 32.1 Å². The third kappa shape index (κ3) is 6.35. The normalized spacial score (nSPS) is 17.4. The predicted octanol–water partition coefficient (Wildman–Crippen LogP) is -1.81. The first-order chi connectivity index (χ1) is 8.22. The number of halogens is 2. The molecule has 0 bridgehead atoms. The summed E-state index contributed by atoms with van der Waals surface area (Å²) in [5.74, 6) is 0. The van der Waals surface area contributed by atoms with Crippen molar-refractivity contribution < 1.29 is 60.8 Å². The van der Waals surface area contributed by atoms with E-state index in [1.54, 1.807) is 0 Å². The van der Waals surface area contributed by atoms with Crippen LogP contribution in [0.25, 0.3) is 0 Å². The molecular formula is C9H14F2NNaO5S. The molecule has 0 saturated heterocycles. The van der Waals surface area contributed by atoms with Crippen LogP contribution in [0.3, 0.4) is 0 Å². The van der Waals surface area contributed by atoms with E-state index in [0.29, 0.717) is 0 Å². The topological polar surface area (TPSA) is 95.5 Å². The van der Waals surface area contributed by atoms with E-state index in [1.165, 1.54) is 0 Å². The van der Waals surface area contributed by atoms with Crippen molar-refractivity contribution in [2.24, 2.45) is 0 Å². The van der Waals surface area contributed by atoms with E-state index in [1.807, 2.05) is 0 Å². The van der Waals surface area contributed by atoms with Crippen LogP contribution in [0.15, 0.2) is 0 Å². The minimum Gasteiger partial charge on any atom is -0.743 e. The number of carbonyl (C=O) groups is 1. The van der Waals surface area contributed by atoms with Crippen molar-refractivity contribution >= 4 is 16.2 Å². The number of amides is 1. The molecule has 1 aliphatic carbocycles. The van der Waals surface area contributed by atoms with Gasteiger partial charge >= 0.3 is 40.9 Å². The van der Waals surface area contributed by atoms with Crippen LogP contribution in [0.5, 0.6) is 0 Å². The number of alkyl halides is 2. The largest absolute Gasteiger partial charge is 1.00 e. The van der Waals surface area contributed by atoms with E-state index in [4.69, 9.17) is 0 Å². The number of hydrogen-bond donors (Lipinski definition) is 1. The number of rotatable bonds is 4. The van der Waals surface area contributed by atoms with E-state index in [-0.39, 0.29) is 35.6 Å². The fourth-order valence-corrected chi connectivity index (χ4v) is 1.88. The van der Waals surface area contributed by atoms with Gasteiger partial charge in [-0.25, -0.2) is 13.2 Å². The van der Waals surface area contributed by atoms with Crippen LogP contribution in [0.2, 0.25) is 0 Å². The van der Waals surface area contributed by atoms with Gasteiger partial charge in [-0.15, -0.1) is 0 Å². The van der Waals surface area contributed by atoms with Gasteiger partial charge in [-0.1, -0.05) is 19.3 Å². The molecule has 0 aliphatic heterocycles. The van der Waals surface area contributed by atoms with Crippen molar-refractivity contribution in [1.82, 2.24) is 5.32 Å². The first-order valence-corrected chi connectivity index (χ1v) is 6.90. The molecule has 0 radical (unpaired) electrons. The zero-order valence-electron chi connectivity index (χ0n) is 10.5. The molecule has 10 heteroatoms. The summed E-state index contributed by atoms with van der Waals surface area (Å²) in [5.41, 5.74) is 0. The number of hydrogen-bond acceptors (Lipinski definition) is 5. The molecule has 1 saturated carbocycles. The zero-order valence-corrected chi connectivity index (χ0v) is 13.3. The third-order valence-corrected chi connectivity index (χ3v) is 3.51. The summed E-state index contributed by atoms with van der Waals surface area (Å²) < 4.78 is 59.8. The summed E-state index contributed by atoms with van der Waals surface area (Å²) in [6.07, 6.45) is 3.23. The maximum atomic E-state index is 12.7. The molecule has 0 atom stereocenters. The van der Waals surface area contributed by atoms with Gasteiger partial charge in [0.05, 0.1) is 0 Å². The first kappa shape index (κ1) is 19.0. The fourth-order valence-electron chi connectivity index (χ4n) is 1.68. The molecule has 1 amide bonds. The zero-order chi connectivity index (χ0) is 13.8. The van der Waals surface area contributed by atoms with Crippen LogP contribution >= 0.6 is 0 Å². The van der Waals surface area contributed by atoms with Gasteiger partial charge in [0.15, 0.2) is 16.7 Å². The second-order valence-corrected chi connectivity index (χ2v) is 5.65. The Kier molecular flexibility index (Phi) is 7.74. The van der Waals surface area contributed by atoms with E-state index >= 15 is 0 Å². The van der Waals surface area contributed by atoms with Gasteiger partial charge in [-0.05, 0) is 12.8 Å². The molecule has 0 aromatic carbocycles. The van der Waals surface area contributed by atoms with Crippen LogP contribution in [-0.4, -0.2) is 37.0 Å². The fraction of sp³-hybridized carbons (Fsp3) is 0.889. The van der Waals surface area contributed by atoms with E-state index in [9.17, 15) is 26.5 Å². The van der Waals surface area contributed by atoms with Crippen molar-refractivity contribution in [1.29, 1.82) is 0 Å². The number of carbonyl (C=O) groups excluding carboxylic acids is 1. The Morgan fingerprint density at radius 3 is 2.32 bits per heavy atom. The first-order valence-electron chi connectivity index (χ1n) is 5.49. The Morgan fingerprint density at radius 2 is 1.84 bits per heavy atom. The van der Waals surface area contributed by atoms with Crippen LogP contribution in [-0.2, 0) is 14.9 Å². The average Bonchev–Trinajstić information content (AvgIpc) is 2.26. The molecule has 1 fully saturated rings. The van der Waals surface area contributed by atoms with Crippen molar-refractivity contribution in [3.63, 3.8) is 0 Å². The smallest absolute Gasteiger partial charge is 0.743 e. The molecule has 0 heterocycles. The van der Waals surface area contributed by atoms with Crippen molar-refractivity contribution in [2.45, 2.75) is 43.4 Å². The average molecular weight is 309 g/mol. The maximum absolute atomic E-state index is 12.7. The van der Waals surface area contributed by atoms with Crippen molar-refractivity contribution in [3.05, 3.63) is 0 Å². The molecule has 6 nitrogen and oxygen atoms in total. The second-order valence-electron chi connectivity index (χ2n) is 4.15. The van der Waals surface area contributed by atoms with E-state index < -0.39 is 28.1 Å². The van der Waals surface area contributed by atoms with Crippen LogP contribution < -0.4 is 34.9 Å². The van der Waals surface area contributed by atoms with E-state index in [2.05, 4.69) is 10.1 Å². The van der Waals surface area contributed by atoms with E-state index in [0.717, 1.165) is 32.1 Å². The molecule has 19 heavy (non-hydrogen) atoms. The summed E-state index contributed by atoms with van der Waals surface area (Å²) in [6.45, 7) is -1.77. The van der Waals surface area contributed by atoms with Gasteiger partial charge in [-0.2, -0.15) is 8.78 Å². The predicted molar refractivity (Wildman–Crippen MR) is 56.0 cm³/mol. The Morgan fingerprint density at radius 1 is 1.32 bits per heavy atom. The van der Waals surface area contributed by atoms with Crippen LogP contribution in [0, 0.1) is 0 Å². The number of nitrogens with one attached hydrogen (secondary N) is 1. The van der Waals surface area contributed by atoms with Gasteiger partial charge in [0.1, 0.15) is 0 Å². The quantitative estimate of drug-likeness (QED) is 0.488. The maximum Gasteiger partial charge on any atom is 1.00 e. The molecule has 0 aromatic rings. The Labute approximate surface area is 132 Å². The van der Waals surface area contributed by atoms with Gasteiger partial charge in [0, 0.05) is 6.04 Å². The SMILES string of the molecule is O=C(NC1CCCCC1)OCC(F)(F)S(=O)(=O)[O-].[Na+]. The van der Waals surface area contributed by atoms with Crippen molar-refractivity contribution in [3.8, 4) is 0 Å². The Hall–Kier alpha value is 0.0400. The molecule has 106 valence electrons.